The molecule has 0 aromatic carbocycles. The predicted octanol–water partition coefficient (Wildman–Crippen LogP) is 0.407. The molecule has 0 N–H and O–H groups in total. The second-order valence-electron chi connectivity index (χ2n) is 6.41. The number of piperidine rings is 1. The van der Waals surface area contributed by atoms with Crippen LogP contribution in [0.1, 0.15) is 26.7 Å². The standard InChI is InChI=1S/C14H25N3O2/c1-11(2)17-10-14(13(17)19)6-5-7-16(9-14)8-12(18)15(3)4/h11H,5-10H2,1-4H3. The molecule has 0 saturated carbocycles. The highest BCUT2D eigenvalue weighted by Gasteiger charge is 2.54. The van der Waals surface area contributed by atoms with E-state index in [4.69, 9.17) is 0 Å². The molecule has 2 aliphatic heterocycles. The van der Waals surface area contributed by atoms with Gasteiger partial charge in [-0.1, -0.05) is 0 Å². The number of β-lactam (4-membered cyclic amide) rings is 1. The molecule has 2 saturated heterocycles. The van der Waals surface area contributed by atoms with Gasteiger partial charge in [-0.15, -0.1) is 0 Å². The van der Waals surface area contributed by atoms with Gasteiger partial charge in [0.25, 0.3) is 0 Å². The summed E-state index contributed by atoms with van der Waals surface area (Å²) in [6.07, 6.45) is 1.99. The van der Waals surface area contributed by atoms with E-state index in [1.165, 1.54) is 0 Å². The first-order valence-corrected chi connectivity index (χ1v) is 7.09. The molecule has 2 fully saturated rings. The van der Waals surface area contributed by atoms with Gasteiger partial charge in [-0.05, 0) is 33.2 Å². The highest BCUT2D eigenvalue weighted by molar-refractivity contribution is 5.89. The Kier molecular flexibility index (Phi) is 3.85. The van der Waals surface area contributed by atoms with Gasteiger partial charge in [-0.25, -0.2) is 0 Å². The summed E-state index contributed by atoms with van der Waals surface area (Å²) in [6, 6.07) is 0.289. The number of likely N-dealkylation sites (tertiary alicyclic amines) is 2. The average molecular weight is 267 g/mol. The average Bonchev–Trinajstić information content (AvgIpc) is 2.35. The fourth-order valence-electron chi connectivity index (χ4n) is 3.09. The summed E-state index contributed by atoms with van der Waals surface area (Å²) in [4.78, 5) is 29.8. The normalized spacial score (nSPS) is 27.8. The van der Waals surface area contributed by atoms with E-state index in [0.717, 1.165) is 32.5 Å². The SMILES string of the molecule is CC(C)N1CC2(CCCN(CC(=O)N(C)C)C2)C1=O. The lowest BCUT2D eigenvalue weighted by Gasteiger charge is -2.54. The van der Waals surface area contributed by atoms with Gasteiger partial charge in [0.15, 0.2) is 0 Å². The van der Waals surface area contributed by atoms with Crippen molar-refractivity contribution in [2.45, 2.75) is 32.7 Å². The van der Waals surface area contributed by atoms with E-state index in [9.17, 15) is 9.59 Å². The van der Waals surface area contributed by atoms with E-state index in [1.54, 1.807) is 19.0 Å². The highest BCUT2D eigenvalue weighted by atomic mass is 16.2. The van der Waals surface area contributed by atoms with Gasteiger partial charge in [0, 0.05) is 33.2 Å². The van der Waals surface area contributed by atoms with Gasteiger partial charge in [-0.3, -0.25) is 14.5 Å². The van der Waals surface area contributed by atoms with Gasteiger partial charge in [-0.2, -0.15) is 0 Å². The van der Waals surface area contributed by atoms with Crippen molar-refractivity contribution >= 4 is 11.8 Å². The number of amides is 2. The summed E-state index contributed by atoms with van der Waals surface area (Å²) in [7, 11) is 3.55. The fourth-order valence-corrected chi connectivity index (χ4v) is 3.09. The third-order valence-corrected chi connectivity index (χ3v) is 4.32. The number of likely N-dealkylation sites (N-methyl/N-ethyl adjacent to an activating group) is 1. The first-order valence-electron chi connectivity index (χ1n) is 7.09. The topological polar surface area (TPSA) is 43.9 Å². The lowest BCUT2D eigenvalue weighted by molar-refractivity contribution is -0.170. The maximum Gasteiger partial charge on any atom is 0.236 e. The molecular weight excluding hydrogens is 242 g/mol. The Morgan fingerprint density at radius 2 is 2.05 bits per heavy atom. The monoisotopic (exact) mass is 267 g/mol. The molecule has 2 rings (SSSR count). The van der Waals surface area contributed by atoms with Crippen LogP contribution in [0.15, 0.2) is 0 Å². The smallest absolute Gasteiger partial charge is 0.236 e. The van der Waals surface area contributed by atoms with Gasteiger partial charge >= 0.3 is 0 Å². The molecule has 1 atom stereocenters. The van der Waals surface area contributed by atoms with Crippen molar-refractivity contribution in [3.63, 3.8) is 0 Å². The first kappa shape index (κ1) is 14.3. The predicted molar refractivity (Wildman–Crippen MR) is 73.7 cm³/mol. The van der Waals surface area contributed by atoms with Crippen molar-refractivity contribution < 1.29 is 9.59 Å². The summed E-state index contributed by atoms with van der Waals surface area (Å²) in [5, 5.41) is 0. The zero-order valence-corrected chi connectivity index (χ0v) is 12.5. The third kappa shape index (κ3) is 2.61. The fraction of sp³-hybridized carbons (Fsp3) is 0.857. The van der Waals surface area contributed by atoms with E-state index >= 15 is 0 Å². The molecule has 108 valence electrons. The van der Waals surface area contributed by atoms with Gasteiger partial charge < -0.3 is 9.80 Å². The number of carbonyl (C=O) groups excluding carboxylic acids is 2. The molecule has 0 aliphatic carbocycles. The van der Waals surface area contributed by atoms with Crippen LogP contribution in [0.4, 0.5) is 0 Å². The number of hydrogen-bond acceptors (Lipinski definition) is 3. The lowest BCUT2D eigenvalue weighted by Crippen LogP contribution is -2.68. The third-order valence-electron chi connectivity index (χ3n) is 4.32. The van der Waals surface area contributed by atoms with Gasteiger partial charge in [0.05, 0.1) is 12.0 Å². The zero-order chi connectivity index (χ0) is 14.2. The summed E-state index contributed by atoms with van der Waals surface area (Å²) in [5.41, 5.74) is -0.199. The minimum atomic E-state index is -0.199. The molecule has 2 heterocycles. The van der Waals surface area contributed by atoms with Crippen LogP contribution < -0.4 is 0 Å². The maximum absolute atomic E-state index is 12.3. The van der Waals surface area contributed by atoms with E-state index in [0.29, 0.717) is 6.54 Å². The number of hydrogen-bond donors (Lipinski definition) is 0. The Hall–Kier alpha value is -1.10. The molecule has 0 bridgehead atoms. The lowest BCUT2D eigenvalue weighted by atomic mass is 9.71. The van der Waals surface area contributed by atoms with E-state index in [1.807, 2.05) is 4.90 Å². The molecule has 2 aliphatic rings. The second-order valence-corrected chi connectivity index (χ2v) is 6.41. The quantitative estimate of drug-likeness (QED) is 0.696. The molecule has 2 amide bonds. The molecule has 19 heavy (non-hydrogen) atoms. The van der Waals surface area contributed by atoms with Crippen molar-refractivity contribution in [3.8, 4) is 0 Å². The molecule has 5 nitrogen and oxygen atoms in total. The Balaban J connectivity index is 1.95. The van der Waals surface area contributed by atoms with Crippen LogP contribution >= 0.6 is 0 Å². The van der Waals surface area contributed by atoms with E-state index in [-0.39, 0.29) is 23.3 Å². The Bertz CT molecular complexity index is 381. The number of carbonyl (C=O) groups is 2. The van der Waals surface area contributed by atoms with Crippen molar-refractivity contribution in [2.24, 2.45) is 5.41 Å². The van der Waals surface area contributed by atoms with Crippen LogP contribution in [0.25, 0.3) is 0 Å². The van der Waals surface area contributed by atoms with Crippen LogP contribution in [-0.2, 0) is 9.59 Å². The molecule has 1 unspecified atom stereocenters. The minimum Gasteiger partial charge on any atom is -0.348 e. The molecule has 5 heteroatoms. The molecule has 0 radical (unpaired) electrons. The first-order chi connectivity index (χ1) is 8.85. The molecular formula is C14H25N3O2. The van der Waals surface area contributed by atoms with Crippen molar-refractivity contribution in [1.82, 2.24) is 14.7 Å². The summed E-state index contributed by atoms with van der Waals surface area (Å²) >= 11 is 0. The molecule has 1 spiro atoms. The minimum absolute atomic E-state index is 0.115. The second kappa shape index (κ2) is 5.12. The summed E-state index contributed by atoms with van der Waals surface area (Å²) < 4.78 is 0. The molecule has 0 aromatic rings. The number of nitrogens with zero attached hydrogens (tertiary/aromatic N) is 3. The van der Waals surface area contributed by atoms with E-state index < -0.39 is 0 Å². The number of rotatable bonds is 3. The Morgan fingerprint density at radius 1 is 1.37 bits per heavy atom. The zero-order valence-electron chi connectivity index (χ0n) is 12.5. The summed E-state index contributed by atoms with van der Waals surface area (Å²) in [5.74, 6) is 0.397. The van der Waals surface area contributed by atoms with Crippen LogP contribution in [-0.4, -0.2) is 72.8 Å². The molecule has 0 aromatic heterocycles. The van der Waals surface area contributed by atoms with Crippen molar-refractivity contribution in [1.29, 1.82) is 0 Å². The van der Waals surface area contributed by atoms with Crippen LogP contribution in [0.2, 0.25) is 0 Å². The largest absolute Gasteiger partial charge is 0.348 e. The Labute approximate surface area is 115 Å². The highest BCUT2D eigenvalue weighted by Crippen LogP contribution is 2.41. The van der Waals surface area contributed by atoms with Crippen LogP contribution in [0, 0.1) is 5.41 Å². The van der Waals surface area contributed by atoms with Gasteiger partial charge in [0.2, 0.25) is 11.8 Å². The van der Waals surface area contributed by atoms with Crippen LogP contribution in [0.5, 0.6) is 0 Å². The summed E-state index contributed by atoms with van der Waals surface area (Å²) in [6.45, 7) is 7.08. The van der Waals surface area contributed by atoms with Crippen molar-refractivity contribution in [3.05, 3.63) is 0 Å². The Morgan fingerprint density at radius 3 is 2.58 bits per heavy atom. The van der Waals surface area contributed by atoms with Crippen LogP contribution in [0.3, 0.4) is 0 Å². The van der Waals surface area contributed by atoms with Crippen molar-refractivity contribution in [2.75, 3.05) is 40.3 Å². The van der Waals surface area contributed by atoms with E-state index in [2.05, 4.69) is 18.7 Å². The van der Waals surface area contributed by atoms with Gasteiger partial charge in [0.1, 0.15) is 0 Å². The maximum atomic E-state index is 12.3.